The fraction of sp³-hybridized carbons (Fsp3) is 0.200. The number of nitrogens with zero attached hydrogens (tertiary/aromatic N) is 1. The number of aromatic nitrogens is 1. The summed E-state index contributed by atoms with van der Waals surface area (Å²) in [7, 11) is 0. The molecule has 1 heterocycles. The van der Waals surface area contributed by atoms with Gasteiger partial charge in [-0.15, -0.1) is 0 Å². The lowest BCUT2D eigenvalue weighted by molar-refractivity contribution is -0.118. The Hall–Kier alpha value is -2.88. The molecule has 0 saturated heterocycles. The Kier molecular flexibility index (Phi) is 4.47. The average molecular weight is 320 g/mol. The van der Waals surface area contributed by atoms with Crippen LogP contribution in [-0.4, -0.2) is 17.5 Å². The summed E-state index contributed by atoms with van der Waals surface area (Å²) in [5.74, 6) is 0.584. The van der Waals surface area contributed by atoms with Crippen molar-refractivity contribution in [2.45, 2.75) is 20.8 Å². The summed E-state index contributed by atoms with van der Waals surface area (Å²) in [6.45, 7) is 6.00. The topological polar surface area (TPSA) is 51.2 Å². The van der Waals surface area contributed by atoms with Crippen molar-refractivity contribution in [3.8, 4) is 5.75 Å². The molecular weight excluding hydrogens is 300 g/mol. The van der Waals surface area contributed by atoms with Crippen LogP contribution in [0.2, 0.25) is 0 Å². The number of benzene rings is 2. The number of anilines is 1. The first-order valence-electron chi connectivity index (χ1n) is 7.89. The maximum absolute atomic E-state index is 12.3. The highest BCUT2D eigenvalue weighted by Gasteiger charge is 2.10. The smallest absolute Gasteiger partial charge is 0.262 e. The van der Waals surface area contributed by atoms with E-state index in [-0.39, 0.29) is 12.5 Å². The molecule has 0 saturated carbocycles. The van der Waals surface area contributed by atoms with Gasteiger partial charge in [0.2, 0.25) is 0 Å². The van der Waals surface area contributed by atoms with Crippen LogP contribution in [0.25, 0.3) is 10.9 Å². The maximum atomic E-state index is 12.3. The molecule has 4 nitrogen and oxygen atoms in total. The molecule has 24 heavy (non-hydrogen) atoms. The lowest BCUT2D eigenvalue weighted by Gasteiger charge is -2.13. The van der Waals surface area contributed by atoms with E-state index in [1.807, 2.05) is 51.1 Å². The summed E-state index contributed by atoms with van der Waals surface area (Å²) < 4.78 is 5.74. The third-order valence-corrected chi connectivity index (χ3v) is 3.87. The lowest BCUT2D eigenvalue weighted by Crippen LogP contribution is -2.20. The number of hydrogen-bond donors (Lipinski definition) is 1. The number of amides is 1. The lowest BCUT2D eigenvalue weighted by atomic mass is 10.1. The van der Waals surface area contributed by atoms with E-state index in [9.17, 15) is 4.79 Å². The van der Waals surface area contributed by atoms with Gasteiger partial charge in [0.15, 0.2) is 6.61 Å². The SMILES string of the molecule is Cc1cc(C)c(OCC(=O)Nc2cccc3ncccc23)c(C)c1. The predicted molar refractivity (Wildman–Crippen MR) is 96.5 cm³/mol. The highest BCUT2D eigenvalue weighted by atomic mass is 16.5. The molecule has 122 valence electrons. The second kappa shape index (κ2) is 6.71. The van der Waals surface area contributed by atoms with E-state index in [0.717, 1.165) is 33.5 Å². The van der Waals surface area contributed by atoms with E-state index < -0.39 is 0 Å². The zero-order valence-electron chi connectivity index (χ0n) is 14.1. The monoisotopic (exact) mass is 320 g/mol. The zero-order valence-corrected chi connectivity index (χ0v) is 14.1. The Morgan fingerprint density at radius 2 is 1.83 bits per heavy atom. The molecule has 0 unspecified atom stereocenters. The van der Waals surface area contributed by atoms with Gasteiger partial charge in [-0.1, -0.05) is 23.8 Å². The second-order valence-corrected chi connectivity index (χ2v) is 5.94. The first kappa shape index (κ1) is 16.0. The Labute approximate surface area is 141 Å². The van der Waals surface area contributed by atoms with Crippen LogP contribution in [0, 0.1) is 20.8 Å². The molecule has 1 amide bonds. The zero-order chi connectivity index (χ0) is 17.1. The van der Waals surface area contributed by atoms with Crippen LogP contribution in [-0.2, 0) is 4.79 Å². The molecule has 3 aromatic rings. The van der Waals surface area contributed by atoms with Gasteiger partial charge < -0.3 is 10.1 Å². The van der Waals surface area contributed by atoms with Gasteiger partial charge >= 0.3 is 0 Å². The standard InChI is InChI=1S/C20H20N2O2/c1-13-10-14(2)20(15(3)11-13)24-12-19(23)22-18-8-4-7-17-16(18)6-5-9-21-17/h4-11H,12H2,1-3H3,(H,22,23). The number of rotatable bonds is 4. The first-order chi connectivity index (χ1) is 11.5. The molecule has 1 N–H and O–H groups in total. The number of carbonyl (C=O) groups is 1. The maximum Gasteiger partial charge on any atom is 0.262 e. The number of pyridine rings is 1. The molecule has 0 radical (unpaired) electrons. The minimum absolute atomic E-state index is 0.0264. The molecule has 1 aromatic heterocycles. The molecule has 0 bridgehead atoms. The van der Waals surface area contributed by atoms with Crippen molar-refractivity contribution < 1.29 is 9.53 Å². The summed E-state index contributed by atoms with van der Waals surface area (Å²) in [6.07, 6.45) is 1.74. The minimum Gasteiger partial charge on any atom is -0.483 e. The van der Waals surface area contributed by atoms with Gasteiger partial charge in [-0.2, -0.15) is 0 Å². The largest absolute Gasteiger partial charge is 0.483 e. The van der Waals surface area contributed by atoms with Crippen LogP contribution in [0.15, 0.2) is 48.7 Å². The minimum atomic E-state index is -0.189. The van der Waals surface area contributed by atoms with Gasteiger partial charge in [0.25, 0.3) is 5.91 Å². The fourth-order valence-electron chi connectivity index (χ4n) is 2.93. The predicted octanol–water partition coefficient (Wildman–Crippen LogP) is 4.18. The molecule has 4 heteroatoms. The highest BCUT2D eigenvalue weighted by Crippen LogP contribution is 2.25. The second-order valence-electron chi connectivity index (χ2n) is 5.94. The Morgan fingerprint density at radius 3 is 2.58 bits per heavy atom. The third-order valence-electron chi connectivity index (χ3n) is 3.87. The van der Waals surface area contributed by atoms with Crippen LogP contribution in [0.3, 0.4) is 0 Å². The number of fused-ring (bicyclic) bond motifs is 1. The summed E-state index contributed by atoms with van der Waals surface area (Å²) in [5.41, 5.74) is 4.85. The van der Waals surface area contributed by atoms with Gasteiger partial charge in [0, 0.05) is 11.6 Å². The molecule has 0 fully saturated rings. The van der Waals surface area contributed by atoms with Crippen molar-refractivity contribution in [3.63, 3.8) is 0 Å². The van der Waals surface area contributed by atoms with Gasteiger partial charge in [0.1, 0.15) is 5.75 Å². The summed E-state index contributed by atoms with van der Waals surface area (Å²) in [6, 6.07) is 13.6. The normalized spacial score (nSPS) is 10.6. The van der Waals surface area contributed by atoms with E-state index in [4.69, 9.17) is 4.74 Å². The molecule has 0 atom stereocenters. The van der Waals surface area contributed by atoms with Crippen molar-refractivity contribution >= 4 is 22.5 Å². The number of nitrogens with one attached hydrogen (secondary N) is 1. The van der Waals surface area contributed by atoms with E-state index in [2.05, 4.69) is 22.4 Å². The van der Waals surface area contributed by atoms with Gasteiger partial charge in [0.05, 0.1) is 11.2 Å². The molecular formula is C20H20N2O2. The van der Waals surface area contributed by atoms with Crippen LogP contribution in [0.5, 0.6) is 5.75 Å². The molecule has 2 aromatic carbocycles. The van der Waals surface area contributed by atoms with Crippen molar-refractivity contribution in [2.75, 3.05) is 11.9 Å². The van der Waals surface area contributed by atoms with Gasteiger partial charge in [-0.25, -0.2) is 0 Å². The van der Waals surface area contributed by atoms with E-state index in [1.165, 1.54) is 5.56 Å². The van der Waals surface area contributed by atoms with E-state index in [1.54, 1.807) is 6.20 Å². The number of hydrogen-bond acceptors (Lipinski definition) is 3. The highest BCUT2D eigenvalue weighted by molar-refractivity contribution is 6.01. The van der Waals surface area contributed by atoms with Crippen LogP contribution >= 0.6 is 0 Å². The van der Waals surface area contributed by atoms with Gasteiger partial charge in [-0.05, 0) is 56.2 Å². The van der Waals surface area contributed by atoms with Gasteiger partial charge in [-0.3, -0.25) is 9.78 Å². The Bertz CT molecular complexity index is 875. The van der Waals surface area contributed by atoms with Crippen molar-refractivity contribution in [3.05, 3.63) is 65.4 Å². The third kappa shape index (κ3) is 3.38. The number of aryl methyl sites for hydroxylation is 3. The number of carbonyl (C=O) groups excluding carboxylic acids is 1. The average Bonchev–Trinajstić information content (AvgIpc) is 2.54. The number of ether oxygens (including phenoxy) is 1. The summed E-state index contributed by atoms with van der Waals surface area (Å²) in [4.78, 5) is 16.6. The molecule has 0 spiro atoms. The molecule has 0 aliphatic rings. The van der Waals surface area contributed by atoms with Crippen LogP contribution < -0.4 is 10.1 Å². The van der Waals surface area contributed by atoms with Crippen LogP contribution in [0.1, 0.15) is 16.7 Å². The molecule has 0 aliphatic heterocycles. The quantitative estimate of drug-likeness (QED) is 0.784. The van der Waals surface area contributed by atoms with Crippen LogP contribution in [0.4, 0.5) is 5.69 Å². The van der Waals surface area contributed by atoms with E-state index in [0.29, 0.717) is 0 Å². The van der Waals surface area contributed by atoms with Crippen molar-refractivity contribution in [2.24, 2.45) is 0 Å². The molecule has 0 aliphatic carbocycles. The summed E-state index contributed by atoms with van der Waals surface area (Å²) in [5, 5.41) is 3.81. The Balaban J connectivity index is 1.72. The first-order valence-corrected chi connectivity index (χ1v) is 7.89. The Morgan fingerprint density at radius 1 is 1.08 bits per heavy atom. The van der Waals surface area contributed by atoms with E-state index >= 15 is 0 Å². The summed E-state index contributed by atoms with van der Waals surface area (Å²) >= 11 is 0. The molecule has 3 rings (SSSR count). The fourth-order valence-corrected chi connectivity index (χ4v) is 2.93. The van der Waals surface area contributed by atoms with Crippen molar-refractivity contribution in [1.29, 1.82) is 0 Å². The van der Waals surface area contributed by atoms with Crippen molar-refractivity contribution in [1.82, 2.24) is 4.98 Å².